The molecule has 0 unspecified atom stereocenters. The van der Waals surface area contributed by atoms with Crippen LogP contribution in [0.3, 0.4) is 0 Å². The SMILES string of the molecule is CC(C)c1ccc(NC(=O)c2ccc(C(C)C)nn2)cc1. The van der Waals surface area contributed by atoms with E-state index < -0.39 is 0 Å². The molecule has 4 heteroatoms. The van der Waals surface area contributed by atoms with Gasteiger partial charge < -0.3 is 5.32 Å². The molecule has 1 heterocycles. The number of carbonyl (C=O) groups is 1. The molecule has 1 N–H and O–H groups in total. The largest absolute Gasteiger partial charge is 0.321 e. The van der Waals surface area contributed by atoms with Gasteiger partial charge in [0.1, 0.15) is 0 Å². The van der Waals surface area contributed by atoms with Crippen molar-refractivity contribution in [3.05, 3.63) is 53.3 Å². The Labute approximate surface area is 125 Å². The molecule has 0 saturated heterocycles. The minimum Gasteiger partial charge on any atom is -0.321 e. The topological polar surface area (TPSA) is 54.9 Å². The molecule has 21 heavy (non-hydrogen) atoms. The van der Waals surface area contributed by atoms with Crippen LogP contribution in [0.4, 0.5) is 5.69 Å². The first-order valence-corrected chi connectivity index (χ1v) is 7.22. The van der Waals surface area contributed by atoms with E-state index in [4.69, 9.17) is 0 Å². The molecule has 2 rings (SSSR count). The lowest BCUT2D eigenvalue weighted by Crippen LogP contribution is -2.15. The summed E-state index contributed by atoms with van der Waals surface area (Å²) in [6.07, 6.45) is 0. The molecule has 110 valence electrons. The van der Waals surface area contributed by atoms with Crippen LogP contribution >= 0.6 is 0 Å². The van der Waals surface area contributed by atoms with E-state index in [1.807, 2.05) is 44.2 Å². The highest BCUT2D eigenvalue weighted by atomic mass is 16.1. The van der Waals surface area contributed by atoms with Gasteiger partial charge in [0.25, 0.3) is 5.91 Å². The number of nitrogens with one attached hydrogen (secondary N) is 1. The third-order valence-electron chi connectivity index (χ3n) is 3.34. The molecule has 0 aliphatic carbocycles. The van der Waals surface area contributed by atoms with Crippen molar-refractivity contribution < 1.29 is 4.79 Å². The van der Waals surface area contributed by atoms with Gasteiger partial charge in [0.15, 0.2) is 5.69 Å². The van der Waals surface area contributed by atoms with Crippen molar-refractivity contribution in [1.82, 2.24) is 10.2 Å². The highest BCUT2D eigenvalue weighted by Crippen LogP contribution is 2.17. The highest BCUT2D eigenvalue weighted by molar-refractivity contribution is 6.02. The van der Waals surface area contributed by atoms with Gasteiger partial charge in [0.05, 0.1) is 5.69 Å². The van der Waals surface area contributed by atoms with Gasteiger partial charge >= 0.3 is 0 Å². The van der Waals surface area contributed by atoms with Crippen LogP contribution in [0.15, 0.2) is 36.4 Å². The Morgan fingerprint density at radius 3 is 2.05 bits per heavy atom. The highest BCUT2D eigenvalue weighted by Gasteiger charge is 2.10. The van der Waals surface area contributed by atoms with Crippen LogP contribution in [0, 0.1) is 0 Å². The summed E-state index contributed by atoms with van der Waals surface area (Å²) >= 11 is 0. The first kappa shape index (κ1) is 15.2. The number of amides is 1. The Balaban J connectivity index is 2.06. The average molecular weight is 283 g/mol. The smallest absolute Gasteiger partial charge is 0.276 e. The lowest BCUT2D eigenvalue weighted by Gasteiger charge is -2.08. The summed E-state index contributed by atoms with van der Waals surface area (Å²) in [6, 6.07) is 11.4. The molecular formula is C17H21N3O. The van der Waals surface area contributed by atoms with E-state index in [9.17, 15) is 4.79 Å². The van der Waals surface area contributed by atoms with Gasteiger partial charge in [-0.05, 0) is 41.7 Å². The van der Waals surface area contributed by atoms with Gasteiger partial charge in [-0.2, -0.15) is 5.10 Å². The van der Waals surface area contributed by atoms with Crippen molar-refractivity contribution in [2.24, 2.45) is 0 Å². The number of nitrogens with zero attached hydrogens (tertiary/aromatic N) is 2. The number of benzene rings is 1. The van der Waals surface area contributed by atoms with Crippen LogP contribution in [-0.2, 0) is 0 Å². The summed E-state index contributed by atoms with van der Waals surface area (Å²) < 4.78 is 0. The van der Waals surface area contributed by atoms with E-state index in [1.165, 1.54) is 5.56 Å². The first-order valence-electron chi connectivity index (χ1n) is 7.22. The lowest BCUT2D eigenvalue weighted by atomic mass is 10.0. The Morgan fingerprint density at radius 2 is 1.57 bits per heavy atom. The first-order chi connectivity index (χ1) is 9.97. The molecule has 0 saturated carbocycles. The number of anilines is 1. The zero-order valence-electron chi connectivity index (χ0n) is 12.9. The van der Waals surface area contributed by atoms with Crippen molar-refractivity contribution >= 4 is 11.6 Å². The third-order valence-corrected chi connectivity index (χ3v) is 3.34. The van der Waals surface area contributed by atoms with Crippen molar-refractivity contribution in [1.29, 1.82) is 0 Å². The monoisotopic (exact) mass is 283 g/mol. The normalized spacial score (nSPS) is 11.0. The summed E-state index contributed by atoms with van der Waals surface area (Å²) in [5.41, 5.74) is 3.22. The van der Waals surface area contributed by atoms with Gasteiger partial charge in [-0.3, -0.25) is 4.79 Å². The zero-order valence-corrected chi connectivity index (χ0v) is 12.9. The fraction of sp³-hybridized carbons (Fsp3) is 0.353. The average Bonchev–Trinajstić information content (AvgIpc) is 2.47. The molecule has 0 aliphatic rings. The molecule has 0 spiro atoms. The fourth-order valence-electron chi connectivity index (χ4n) is 1.92. The molecule has 1 aromatic heterocycles. The number of rotatable bonds is 4. The van der Waals surface area contributed by atoms with Crippen LogP contribution in [0.1, 0.15) is 61.3 Å². The molecule has 0 radical (unpaired) electrons. The zero-order chi connectivity index (χ0) is 15.4. The van der Waals surface area contributed by atoms with Crippen LogP contribution in [0.2, 0.25) is 0 Å². The second-order valence-corrected chi connectivity index (χ2v) is 5.73. The van der Waals surface area contributed by atoms with Crippen LogP contribution in [0.25, 0.3) is 0 Å². The maximum absolute atomic E-state index is 12.1. The minimum absolute atomic E-state index is 0.241. The maximum atomic E-state index is 12.1. The van der Waals surface area contributed by atoms with E-state index in [0.717, 1.165) is 11.4 Å². The van der Waals surface area contributed by atoms with Gasteiger partial charge in [0, 0.05) is 5.69 Å². The number of hydrogen-bond donors (Lipinski definition) is 1. The number of hydrogen-bond acceptors (Lipinski definition) is 3. The van der Waals surface area contributed by atoms with Gasteiger partial charge in [-0.15, -0.1) is 5.10 Å². The fourth-order valence-corrected chi connectivity index (χ4v) is 1.92. The van der Waals surface area contributed by atoms with Crippen molar-refractivity contribution in [3.8, 4) is 0 Å². The Bertz CT molecular complexity index is 601. The Morgan fingerprint density at radius 1 is 0.905 bits per heavy atom. The van der Waals surface area contributed by atoms with Crippen LogP contribution < -0.4 is 5.32 Å². The Kier molecular flexibility index (Phi) is 4.68. The second-order valence-electron chi connectivity index (χ2n) is 5.73. The van der Waals surface area contributed by atoms with Crippen molar-refractivity contribution in [2.45, 2.75) is 39.5 Å². The molecule has 0 fully saturated rings. The molecule has 0 bridgehead atoms. The third kappa shape index (κ3) is 3.88. The summed E-state index contributed by atoms with van der Waals surface area (Å²) in [4.78, 5) is 12.1. The van der Waals surface area contributed by atoms with Gasteiger partial charge in [0.2, 0.25) is 0 Å². The number of carbonyl (C=O) groups excluding carboxylic acids is 1. The minimum atomic E-state index is -0.241. The summed E-state index contributed by atoms with van der Waals surface area (Å²) in [7, 11) is 0. The number of aromatic nitrogens is 2. The standard InChI is InChI=1S/C17H21N3O/c1-11(2)13-5-7-14(8-6-13)18-17(21)16-10-9-15(12(3)4)19-20-16/h5-12H,1-4H3,(H,18,21). The summed E-state index contributed by atoms with van der Waals surface area (Å²) in [6.45, 7) is 8.36. The van der Waals surface area contributed by atoms with Gasteiger partial charge in [-0.25, -0.2) is 0 Å². The lowest BCUT2D eigenvalue weighted by molar-refractivity contribution is 0.102. The molecular weight excluding hydrogens is 262 g/mol. The molecule has 0 aliphatic heterocycles. The Hall–Kier alpha value is -2.23. The van der Waals surface area contributed by atoms with E-state index in [-0.39, 0.29) is 5.91 Å². The van der Waals surface area contributed by atoms with E-state index >= 15 is 0 Å². The van der Waals surface area contributed by atoms with E-state index in [0.29, 0.717) is 17.5 Å². The predicted octanol–water partition coefficient (Wildman–Crippen LogP) is 3.98. The summed E-state index contributed by atoms with van der Waals surface area (Å²) in [5.74, 6) is 0.539. The van der Waals surface area contributed by atoms with E-state index in [1.54, 1.807) is 6.07 Å². The van der Waals surface area contributed by atoms with Crippen molar-refractivity contribution in [3.63, 3.8) is 0 Å². The predicted molar refractivity (Wildman–Crippen MR) is 84.6 cm³/mol. The van der Waals surface area contributed by atoms with Crippen molar-refractivity contribution in [2.75, 3.05) is 5.32 Å². The quantitative estimate of drug-likeness (QED) is 0.923. The maximum Gasteiger partial charge on any atom is 0.276 e. The van der Waals surface area contributed by atoms with Crippen LogP contribution in [0.5, 0.6) is 0 Å². The summed E-state index contributed by atoms with van der Waals surface area (Å²) in [5, 5.41) is 10.9. The van der Waals surface area contributed by atoms with Gasteiger partial charge in [-0.1, -0.05) is 39.8 Å². The molecule has 0 atom stereocenters. The van der Waals surface area contributed by atoms with Crippen LogP contribution in [-0.4, -0.2) is 16.1 Å². The van der Waals surface area contributed by atoms with E-state index in [2.05, 4.69) is 29.4 Å². The molecule has 4 nitrogen and oxygen atoms in total. The second kappa shape index (κ2) is 6.48. The molecule has 1 amide bonds. The molecule has 2 aromatic rings. The molecule has 1 aromatic carbocycles.